The summed E-state index contributed by atoms with van der Waals surface area (Å²) in [5.41, 5.74) is 1.79. The maximum atomic E-state index is 12.4. The first-order valence-corrected chi connectivity index (χ1v) is 7.41. The second-order valence-corrected chi connectivity index (χ2v) is 5.90. The average molecular weight is 293 g/mol. The van der Waals surface area contributed by atoms with E-state index in [0.717, 1.165) is 23.4 Å². The number of aryl methyl sites for hydroxylation is 2. The lowest BCUT2D eigenvalue weighted by molar-refractivity contribution is -0.128. The Labute approximate surface area is 124 Å². The molecule has 2 rings (SSSR count). The van der Waals surface area contributed by atoms with Crippen LogP contribution in [0.3, 0.4) is 0 Å². The van der Waals surface area contributed by atoms with Gasteiger partial charge in [0.1, 0.15) is 11.8 Å². The molecule has 0 aliphatic carbocycles. The van der Waals surface area contributed by atoms with Gasteiger partial charge < -0.3 is 9.84 Å². The Morgan fingerprint density at radius 2 is 2.00 bits per heavy atom. The van der Waals surface area contributed by atoms with Gasteiger partial charge in [-0.1, -0.05) is 32.3 Å². The van der Waals surface area contributed by atoms with Crippen LogP contribution < -0.4 is 5.32 Å². The predicted molar refractivity (Wildman–Crippen MR) is 77.9 cm³/mol. The topological polar surface area (TPSA) is 75.4 Å². The number of hydrogen-bond acceptors (Lipinski definition) is 4. The van der Waals surface area contributed by atoms with E-state index >= 15 is 0 Å². The number of amides is 3. The van der Waals surface area contributed by atoms with E-state index in [0.29, 0.717) is 6.54 Å². The standard InChI is InChI=1S/C15H23N3O3/c1-6-8(2)13-14(19)18(15(20)16-13)7-9(3)12-10(4)17-21-11(12)5/h8-9,13H,6-7H2,1-5H3,(H,16,20)/t8-,9?,13-/m0/s1. The largest absolute Gasteiger partial charge is 0.361 e. The van der Waals surface area contributed by atoms with Crippen LogP contribution in [-0.4, -0.2) is 34.6 Å². The molecule has 1 aromatic rings. The molecule has 2 heterocycles. The summed E-state index contributed by atoms with van der Waals surface area (Å²) >= 11 is 0. The highest BCUT2D eigenvalue weighted by atomic mass is 16.5. The molecule has 1 fully saturated rings. The minimum Gasteiger partial charge on any atom is -0.361 e. The van der Waals surface area contributed by atoms with E-state index in [1.54, 1.807) is 0 Å². The number of hydrogen-bond donors (Lipinski definition) is 1. The number of nitrogens with one attached hydrogen (secondary N) is 1. The Morgan fingerprint density at radius 3 is 2.52 bits per heavy atom. The molecule has 0 bridgehead atoms. The maximum absolute atomic E-state index is 12.4. The molecule has 116 valence electrons. The molecule has 21 heavy (non-hydrogen) atoms. The molecular formula is C15H23N3O3. The van der Waals surface area contributed by atoms with Crippen molar-refractivity contribution in [2.24, 2.45) is 5.92 Å². The van der Waals surface area contributed by atoms with Crippen molar-refractivity contribution in [2.75, 3.05) is 6.54 Å². The van der Waals surface area contributed by atoms with Crippen LogP contribution >= 0.6 is 0 Å². The van der Waals surface area contributed by atoms with Crippen LogP contribution in [0.5, 0.6) is 0 Å². The lowest BCUT2D eigenvalue weighted by Gasteiger charge is -2.19. The highest BCUT2D eigenvalue weighted by Gasteiger charge is 2.41. The number of rotatable bonds is 5. The molecule has 0 spiro atoms. The average Bonchev–Trinajstić information content (AvgIpc) is 2.91. The molecule has 1 unspecified atom stereocenters. The molecule has 3 amide bonds. The molecular weight excluding hydrogens is 270 g/mol. The van der Waals surface area contributed by atoms with Crippen LogP contribution in [-0.2, 0) is 4.79 Å². The molecule has 6 nitrogen and oxygen atoms in total. The highest BCUT2D eigenvalue weighted by molar-refractivity contribution is 6.04. The SMILES string of the molecule is CC[C@H](C)[C@@H]1NC(=O)N(CC(C)c2c(C)noc2C)C1=O. The van der Waals surface area contributed by atoms with Crippen LogP contribution in [0.1, 0.15) is 50.1 Å². The summed E-state index contributed by atoms with van der Waals surface area (Å²) in [5, 5.41) is 6.71. The first-order valence-electron chi connectivity index (χ1n) is 7.41. The normalized spacial score (nSPS) is 21.6. The molecule has 0 aromatic carbocycles. The first kappa shape index (κ1) is 15.5. The van der Waals surface area contributed by atoms with E-state index in [2.05, 4.69) is 10.5 Å². The van der Waals surface area contributed by atoms with Crippen molar-refractivity contribution in [3.05, 3.63) is 17.0 Å². The number of carbonyl (C=O) groups is 2. The number of nitrogens with zero attached hydrogens (tertiary/aromatic N) is 2. The molecule has 1 aliphatic rings. The second kappa shape index (κ2) is 5.87. The molecule has 1 aliphatic heterocycles. The summed E-state index contributed by atoms with van der Waals surface area (Å²) < 4.78 is 5.16. The van der Waals surface area contributed by atoms with Crippen molar-refractivity contribution >= 4 is 11.9 Å². The number of urea groups is 1. The van der Waals surface area contributed by atoms with Crippen molar-refractivity contribution in [1.29, 1.82) is 0 Å². The van der Waals surface area contributed by atoms with Crippen LogP contribution in [0.4, 0.5) is 4.79 Å². The van der Waals surface area contributed by atoms with Gasteiger partial charge in [0.15, 0.2) is 0 Å². The van der Waals surface area contributed by atoms with Crippen LogP contribution in [0.2, 0.25) is 0 Å². The number of carbonyl (C=O) groups excluding carboxylic acids is 2. The zero-order valence-corrected chi connectivity index (χ0v) is 13.3. The summed E-state index contributed by atoms with van der Waals surface area (Å²) in [6, 6.07) is -0.705. The van der Waals surface area contributed by atoms with Crippen LogP contribution in [0.15, 0.2) is 4.52 Å². The minimum atomic E-state index is -0.403. The highest BCUT2D eigenvalue weighted by Crippen LogP contribution is 2.26. The maximum Gasteiger partial charge on any atom is 0.324 e. The first-order chi connectivity index (χ1) is 9.86. The van der Waals surface area contributed by atoms with Crippen LogP contribution in [0, 0.1) is 19.8 Å². The number of aromatic nitrogens is 1. The molecule has 1 saturated heterocycles. The third-order valence-electron chi connectivity index (χ3n) is 4.31. The van der Waals surface area contributed by atoms with Gasteiger partial charge >= 0.3 is 6.03 Å². The second-order valence-electron chi connectivity index (χ2n) is 5.90. The van der Waals surface area contributed by atoms with E-state index in [1.807, 2.05) is 34.6 Å². The molecule has 3 atom stereocenters. The van der Waals surface area contributed by atoms with Gasteiger partial charge in [-0.25, -0.2) is 4.79 Å². The van der Waals surface area contributed by atoms with E-state index < -0.39 is 6.04 Å². The van der Waals surface area contributed by atoms with Crippen LogP contribution in [0.25, 0.3) is 0 Å². The van der Waals surface area contributed by atoms with Crippen molar-refractivity contribution in [2.45, 2.75) is 53.0 Å². The molecule has 0 saturated carbocycles. The minimum absolute atomic E-state index is 0.00151. The van der Waals surface area contributed by atoms with Gasteiger partial charge in [-0.05, 0) is 19.8 Å². The van der Waals surface area contributed by atoms with Gasteiger partial charge in [-0.2, -0.15) is 0 Å². The van der Waals surface area contributed by atoms with E-state index in [9.17, 15) is 9.59 Å². The fourth-order valence-corrected chi connectivity index (χ4v) is 2.89. The van der Waals surface area contributed by atoms with E-state index in [1.165, 1.54) is 4.90 Å². The van der Waals surface area contributed by atoms with Crippen molar-refractivity contribution in [1.82, 2.24) is 15.4 Å². The Morgan fingerprint density at radius 1 is 1.33 bits per heavy atom. The lowest BCUT2D eigenvalue weighted by Crippen LogP contribution is -2.36. The summed E-state index contributed by atoms with van der Waals surface area (Å²) in [6.45, 7) is 10.0. The monoisotopic (exact) mass is 293 g/mol. The summed E-state index contributed by atoms with van der Waals surface area (Å²) in [4.78, 5) is 25.8. The Balaban J connectivity index is 2.13. The van der Waals surface area contributed by atoms with Crippen molar-refractivity contribution in [3.63, 3.8) is 0 Å². The van der Waals surface area contributed by atoms with Gasteiger partial charge in [0.25, 0.3) is 5.91 Å². The summed E-state index contributed by atoms with van der Waals surface area (Å²) in [5.74, 6) is 0.751. The Kier molecular flexibility index (Phi) is 4.34. The molecule has 1 aromatic heterocycles. The molecule has 0 radical (unpaired) electrons. The van der Waals surface area contributed by atoms with Gasteiger partial charge in [0, 0.05) is 18.0 Å². The third kappa shape index (κ3) is 2.80. The fourth-order valence-electron chi connectivity index (χ4n) is 2.89. The summed E-state index contributed by atoms with van der Waals surface area (Å²) in [6.07, 6.45) is 0.851. The number of imide groups is 1. The van der Waals surface area contributed by atoms with E-state index in [4.69, 9.17) is 4.52 Å². The van der Waals surface area contributed by atoms with Crippen molar-refractivity contribution < 1.29 is 14.1 Å². The van der Waals surface area contributed by atoms with Crippen molar-refractivity contribution in [3.8, 4) is 0 Å². The quantitative estimate of drug-likeness (QED) is 0.846. The Hall–Kier alpha value is -1.85. The van der Waals surface area contributed by atoms with Gasteiger partial charge in [-0.15, -0.1) is 0 Å². The van der Waals surface area contributed by atoms with Gasteiger partial charge in [-0.3, -0.25) is 9.69 Å². The summed E-state index contributed by atoms with van der Waals surface area (Å²) in [7, 11) is 0. The molecule has 6 heteroatoms. The predicted octanol–water partition coefficient (Wildman–Crippen LogP) is 2.36. The third-order valence-corrected chi connectivity index (χ3v) is 4.31. The zero-order chi connectivity index (χ0) is 15.7. The fraction of sp³-hybridized carbons (Fsp3) is 0.667. The molecule has 1 N–H and O–H groups in total. The van der Waals surface area contributed by atoms with Gasteiger partial charge in [0.05, 0.1) is 5.69 Å². The lowest BCUT2D eigenvalue weighted by atomic mass is 9.97. The van der Waals surface area contributed by atoms with E-state index in [-0.39, 0.29) is 23.8 Å². The Bertz CT molecular complexity index is 533. The smallest absolute Gasteiger partial charge is 0.324 e. The van der Waals surface area contributed by atoms with Gasteiger partial charge in [0.2, 0.25) is 0 Å². The zero-order valence-electron chi connectivity index (χ0n) is 13.3.